The molecule has 0 spiro atoms. The summed E-state index contributed by atoms with van der Waals surface area (Å²) in [5, 5.41) is 2.96. The Labute approximate surface area is 126 Å². The van der Waals surface area contributed by atoms with Crippen molar-refractivity contribution >= 4 is 17.2 Å². The molecule has 0 saturated carbocycles. The van der Waals surface area contributed by atoms with Crippen LogP contribution in [0.15, 0.2) is 64.2 Å². The van der Waals surface area contributed by atoms with Gasteiger partial charge in [-0.15, -0.1) is 0 Å². The molecule has 0 aliphatic carbocycles. The zero-order valence-corrected chi connectivity index (χ0v) is 11.9. The summed E-state index contributed by atoms with van der Waals surface area (Å²) in [5.74, 6) is -0.0584. The van der Waals surface area contributed by atoms with Crippen LogP contribution in [0.25, 0.3) is 11.1 Å². The Morgan fingerprint density at radius 2 is 1.64 bits per heavy atom. The second kappa shape index (κ2) is 5.41. The minimum absolute atomic E-state index is 0.0584. The van der Waals surface area contributed by atoms with E-state index in [9.17, 15) is 14.4 Å². The lowest BCUT2D eigenvalue weighted by molar-refractivity contribution is 0.101. The number of anilines is 2. The smallest absolute Gasteiger partial charge is 0.250 e. The van der Waals surface area contributed by atoms with Crippen LogP contribution in [0.1, 0.15) is 17.3 Å². The van der Waals surface area contributed by atoms with Gasteiger partial charge in [-0.2, -0.15) is 0 Å². The number of carbonyl (C=O) groups is 1. The lowest BCUT2D eigenvalue weighted by Gasteiger charge is -2.13. The number of hydrogen-bond acceptors (Lipinski definition) is 4. The van der Waals surface area contributed by atoms with Crippen molar-refractivity contribution in [1.29, 1.82) is 0 Å². The first-order valence-corrected chi connectivity index (χ1v) is 6.84. The molecule has 22 heavy (non-hydrogen) atoms. The number of ketones is 1. The largest absolute Gasteiger partial charge is 0.352 e. The average Bonchev–Trinajstić information content (AvgIpc) is 2.55. The SMILES string of the molecule is CC(=O)c1cccc(Nc2c(-c3ccccc3)c(=O)c2=O)c1. The Morgan fingerprint density at radius 3 is 2.32 bits per heavy atom. The molecule has 0 aliphatic heterocycles. The predicted molar refractivity (Wildman–Crippen MR) is 86.5 cm³/mol. The fourth-order valence-corrected chi connectivity index (χ4v) is 2.35. The zero-order valence-electron chi connectivity index (χ0n) is 11.9. The maximum Gasteiger partial charge on any atom is 0.250 e. The van der Waals surface area contributed by atoms with Crippen molar-refractivity contribution in [3.05, 3.63) is 80.6 Å². The topological polar surface area (TPSA) is 63.2 Å². The molecule has 0 unspecified atom stereocenters. The van der Waals surface area contributed by atoms with Gasteiger partial charge >= 0.3 is 0 Å². The molecular formula is C18H13NO3. The third-order valence-corrected chi connectivity index (χ3v) is 3.51. The van der Waals surface area contributed by atoms with Crippen LogP contribution in [0.5, 0.6) is 0 Å². The van der Waals surface area contributed by atoms with Gasteiger partial charge < -0.3 is 5.32 Å². The second-order valence-corrected chi connectivity index (χ2v) is 5.04. The van der Waals surface area contributed by atoms with E-state index in [4.69, 9.17) is 0 Å². The molecular weight excluding hydrogens is 278 g/mol. The van der Waals surface area contributed by atoms with E-state index in [-0.39, 0.29) is 11.5 Å². The first kappa shape index (κ1) is 13.9. The van der Waals surface area contributed by atoms with E-state index in [1.807, 2.05) is 18.2 Å². The highest BCUT2D eigenvalue weighted by atomic mass is 16.2. The molecule has 0 saturated heterocycles. The number of hydrogen-bond donors (Lipinski definition) is 1. The van der Waals surface area contributed by atoms with Gasteiger partial charge in [-0.3, -0.25) is 14.4 Å². The highest BCUT2D eigenvalue weighted by Crippen LogP contribution is 2.26. The number of benzene rings is 2. The molecule has 0 amide bonds. The van der Waals surface area contributed by atoms with Crippen LogP contribution >= 0.6 is 0 Å². The van der Waals surface area contributed by atoms with Gasteiger partial charge in [0.25, 0.3) is 5.43 Å². The van der Waals surface area contributed by atoms with Gasteiger partial charge in [0.2, 0.25) is 5.43 Å². The molecule has 0 aromatic heterocycles. The van der Waals surface area contributed by atoms with Gasteiger partial charge in [-0.1, -0.05) is 42.5 Å². The molecule has 0 fully saturated rings. The minimum atomic E-state index is -0.535. The maximum atomic E-state index is 11.8. The number of carbonyl (C=O) groups excluding carboxylic acids is 1. The molecule has 0 aliphatic rings. The van der Waals surface area contributed by atoms with E-state index in [1.54, 1.807) is 36.4 Å². The highest BCUT2D eigenvalue weighted by Gasteiger charge is 2.22. The van der Waals surface area contributed by atoms with Crippen molar-refractivity contribution in [2.45, 2.75) is 6.92 Å². The molecule has 3 aromatic rings. The summed E-state index contributed by atoms with van der Waals surface area (Å²) in [6, 6.07) is 15.9. The fraction of sp³-hybridized carbons (Fsp3) is 0.0556. The monoisotopic (exact) mass is 291 g/mol. The first-order chi connectivity index (χ1) is 10.6. The summed E-state index contributed by atoms with van der Waals surface area (Å²) < 4.78 is 0. The van der Waals surface area contributed by atoms with Crippen LogP contribution in [0, 0.1) is 0 Å². The van der Waals surface area contributed by atoms with Gasteiger partial charge in [0.1, 0.15) is 5.69 Å². The predicted octanol–water partition coefficient (Wildman–Crippen LogP) is 2.90. The maximum absolute atomic E-state index is 11.8. The third-order valence-electron chi connectivity index (χ3n) is 3.51. The lowest BCUT2D eigenvalue weighted by atomic mass is 9.98. The van der Waals surface area contributed by atoms with E-state index < -0.39 is 10.9 Å². The molecule has 108 valence electrons. The Bertz CT molecular complexity index is 919. The highest BCUT2D eigenvalue weighted by molar-refractivity contribution is 5.95. The quantitative estimate of drug-likeness (QED) is 0.593. The summed E-state index contributed by atoms with van der Waals surface area (Å²) in [7, 11) is 0. The zero-order chi connectivity index (χ0) is 15.7. The van der Waals surface area contributed by atoms with E-state index in [2.05, 4.69) is 5.32 Å². The molecule has 0 heterocycles. The molecule has 3 aromatic carbocycles. The number of Topliss-reactive ketones (excluding diaryl/α,β-unsaturated/α-hetero) is 1. The Kier molecular flexibility index (Phi) is 3.43. The summed E-state index contributed by atoms with van der Waals surface area (Å²) in [6.45, 7) is 1.48. The van der Waals surface area contributed by atoms with Gasteiger partial charge in [-0.25, -0.2) is 0 Å². The van der Waals surface area contributed by atoms with Crippen LogP contribution in [-0.4, -0.2) is 5.78 Å². The van der Waals surface area contributed by atoms with E-state index in [0.29, 0.717) is 22.4 Å². The molecule has 0 atom stereocenters. The molecule has 0 radical (unpaired) electrons. The van der Waals surface area contributed by atoms with E-state index in [0.717, 1.165) is 0 Å². The number of rotatable bonds is 4. The van der Waals surface area contributed by atoms with E-state index >= 15 is 0 Å². The Morgan fingerprint density at radius 1 is 0.909 bits per heavy atom. The van der Waals surface area contributed by atoms with E-state index in [1.165, 1.54) is 6.92 Å². The summed E-state index contributed by atoms with van der Waals surface area (Å²) >= 11 is 0. The van der Waals surface area contributed by atoms with Gasteiger partial charge in [0.05, 0.1) is 5.56 Å². The third kappa shape index (κ3) is 2.35. The standard InChI is InChI=1S/C18H13NO3/c1-11(20)13-8-5-9-14(10-13)19-16-15(17(21)18(16)22)12-6-3-2-4-7-12/h2-10,19H,1H3. The summed E-state index contributed by atoms with van der Waals surface area (Å²) in [5.41, 5.74) is 1.50. The second-order valence-electron chi connectivity index (χ2n) is 5.04. The molecule has 4 heteroatoms. The summed E-state index contributed by atoms with van der Waals surface area (Å²) in [4.78, 5) is 35.1. The van der Waals surface area contributed by atoms with Gasteiger partial charge in [0.15, 0.2) is 5.78 Å². The van der Waals surface area contributed by atoms with Crippen LogP contribution in [0.4, 0.5) is 11.4 Å². The summed E-state index contributed by atoms with van der Waals surface area (Å²) in [6.07, 6.45) is 0. The van der Waals surface area contributed by atoms with Crippen molar-refractivity contribution in [1.82, 2.24) is 0 Å². The van der Waals surface area contributed by atoms with Crippen molar-refractivity contribution in [2.75, 3.05) is 5.32 Å². The normalized spacial score (nSPS) is 10.6. The van der Waals surface area contributed by atoms with Crippen LogP contribution in [-0.2, 0) is 0 Å². The van der Waals surface area contributed by atoms with Crippen molar-refractivity contribution < 1.29 is 4.79 Å². The average molecular weight is 291 g/mol. The van der Waals surface area contributed by atoms with Gasteiger partial charge in [0, 0.05) is 11.3 Å². The van der Waals surface area contributed by atoms with Crippen LogP contribution in [0.3, 0.4) is 0 Å². The lowest BCUT2D eigenvalue weighted by Crippen LogP contribution is -2.35. The van der Waals surface area contributed by atoms with Crippen molar-refractivity contribution in [3.8, 4) is 11.1 Å². The first-order valence-electron chi connectivity index (χ1n) is 6.84. The molecule has 0 bridgehead atoms. The van der Waals surface area contributed by atoms with Crippen molar-refractivity contribution in [2.24, 2.45) is 0 Å². The van der Waals surface area contributed by atoms with Crippen LogP contribution < -0.4 is 16.2 Å². The Hall–Kier alpha value is -3.01. The Balaban J connectivity index is 2.00. The molecule has 4 nitrogen and oxygen atoms in total. The van der Waals surface area contributed by atoms with Crippen LogP contribution in [0.2, 0.25) is 0 Å². The van der Waals surface area contributed by atoms with Crippen molar-refractivity contribution in [3.63, 3.8) is 0 Å². The fourth-order valence-electron chi connectivity index (χ4n) is 2.35. The molecule has 1 N–H and O–H groups in total. The minimum Gasteiger partial charge on any atom is -0.352 e. The number of nitrogens with one attached hydrogen (secondary N) is 1. The molecule has 3 rings (SSSR count). The van der Waals surface area contributed by atoms with Gasteiger partial charge in [-0.05, 0) is 24.6 Å².